The minimum absolute atomic E-state index is 0.0798. The quantitative estimate of drug-likeness (QED) is 0.904. The molecule has 0 atom stereocenters. The van der Waals surface area contributed by atoms with Gasteiger partial charge in [-0.25, -0.2) is 4.98 Å². The van der Waals surface area contributed by atoms with Crippen LogP contribution in [0.3, 0.4) is 0 Å². The van der Waals surface area contributed by atoms with E-state index in [4.69, 9.17) is 5.73 Å². The van der Waals surface area contributed by atoms with Gasteiger partial charge in [-0.1, -0.05) is 11.3 Å². The van der Waals surface area contributed by atoms with E-state index < -0.39 is 0 Å². The van der Waals surface area contributed by atoms with Crippen LogP contribution >= 0.6 is 23.1 Å². The number of nitrogens with two attached hydrogens (primary N) is 1. The molecule has 1 aromatic heterocycles. The summed E-state index contributed by atoms with van der Waals surface area (Å²) in [5.74, 6) is 1.23. The lowest BCUT2D eigenvalue weighted by Gasteiger charge is -2.34. The molecule has 1 saturated heterocycles. The maximum absolute atomic E-state index is 12.4. The highest BCUT2D eigenvalue weighted by Gasteiger charge is 2.24. The van der Waals surface area contributed by atoms with Crippen LogP contribution in [-0.2, 0) is 0 Å². The lowest BCUT2D eigenvalue weighted by atomic mass is 10.2. The third-order valence-corrected chi connectivity index (χ3v) is 4.84. The van der Waals surface area contributed by atoms with Crippen molar-refractivity contribution in [3.63, 3.8) is 0 Å². The number of hydrogen-bond acceptors (Lipinski definition) is 6. The predicted octanol–water partition coefficient (Wildman–Crippen LogP) is 1.15. The first kappa shape index (κ1) is 14.6. The smallest absolute Gasteiger partial charge is 0.266 e. The van der Waals surface area contributed by atoms with Crippen LogP contribution in [0.15, 0.2) is 0 Å². The maximum atomic E-state index is 12.4. The fourth-order valence-corrected chi connectivity index (χ4v) is 3.40. The number of thiazole rings is 1. The summed E-state index contributed by atoms with van der Waals surface area (Å²) in [5, 5.41) is 0.472. The van der Waals surface area contributed by atoms with Gasteiger partial charge in [0.25, 0.3) is 5.91 Å². The molecule has 2 N–H and O–H groups in total. The molecule has 1 fully saturated rings. The number of amides is 1. The van der Waals surface area contributed by atoms with Gasteiger partial charge in [-0.15, -0.1) is 0 Å². The largest absolute Gasteiger partial charge is 0.375 e. The second kappa shape index (κ2) is 6.58. The zero-order chi connectivity index (χ0) is 13.8. The summed E-state index contributed by atoms with van der Waals surface area (Å²) in [7, 11) is 0. The van der Waals surface area contributed by atoms with Crippen LogP contribution in [0.4, 0.5) is 5.13 Å². The average Bonchev–Trinajstić information content (AvgIpc) is 2.75. The highest BCUT2D eigenvalue weighted by molar-refractivity contribution is 7.98. The number of nitrogens with zero attached hydrogens (tertiary/aromatic N) is 3. The zero-order valence-electron chi connectivity index (χ0n) is 11.4. The number of hydrogen-bond donors (Lipinski definition) is 1. The van der Waals surface area contributed by atoms with Gasteiger partial charge in [-0.3, -0.25) is 9.69 Å². The van der Waals surface area contributed by atoms with E-state index in [1.807, 2.05) is 23.6 Å². The molecule has 5 nitrogen and oxygen atoms in total. The summed E-state index contributed by atoms with van der Waals surface area (Å²) in [5.41, 5.74) is 6.40. The Hall–Kier alpha value is -0.790. The molecule has 2 rings (SSSR count). The van der Waals surface area contributed by atoms with Gasteiger partial charge >= 0.3 is 0 Å². The molecule has 0 bridgehead atoms. The van der Waals surface area contributed by atoms with Crippen molar-refractivity contribution in [2.45, 2.75) is 6.92 Å². The number of anilines is 1. The van der Waals surface area contributed by atoms with Gasteiger partial charge in [-0.2, -0.15) is 11.8 Å². The number of aromatic nitrogens is 1. The summed E-state index contributed by atoms with van der Waals surface area (Å²) >= 11 is 3.15. The van der Waals surface area contributed by atoms with Gasteiger partial charge in [0.15, 0.2) is 5.13 Å². The van der Waals surface area contributed by atoms with Crippen LogP contribution in [-0.4, -0.2) is 65.4 Å². The molecule has 19 heavy (non-hydrogen) atoms. The summed E-state index contributed by atoms with van der Waals surface area (Å²) in [6.07, 6.45) is 2.12. The summed E-state index contributed by atoms with van der Waals surface area (Å²) in [6, 6.07) is 0. The summed E-state index contributed by atoms with van der Waals surface area (Å²) in [4.78, 5) is 21.5. The van der Waals surface area contributed by atoms with Crippen LogP contribution in [0, 0.1) is 6.92 Å². The number of rotatable bonds is 4. The number of thioether (sulfide) groups is 1. The Balaban J connectivity index is 1.91. The number of piperazine rings is 1. The molecule has 0 spiro atoms. The molecule has 2 heterocycles. The lowest BCUT2D eigenvalue weighted by Crippen LogP contribution is -2.49. The topological polar surface area (TPSA) is 62.5 Å². The van der Waals surface area contributed by atoms with Gasteiger partial charge in [0.2, 0.25) is 0 Å². The second-order valence-electron chi connectivity index (χ2n) is 4.59. The highest BCUT2D eigenvalue weighted by Crippen LogP contribution is 2.22. The van der Waals surface area contributed by atoms with Gasteiger partial charge in [0, 0.05) is 38.5 Å². The van der Waals surface area contributed by atoms with Crippen LogP contribution in [0.5, 0.6) is 0 Å². The van der Waals surface area contributed by atoms with Crippen molar-refractivity contribution in [3.8, 4) is 0 Å². The number of carbonyl (C=O) groups excluding carboxylic acids is 1. The Labute approximate surface area is 122 Å². The molecule has 1 aliphatic heterocycles. The van der Waals surface area contributed by atoms with Gasteiger partial charge < -0.3 is 10.6 Å². The van der Waals surface area contributed by atoms with Crippen molar-refractivity contribution in [1.29, 1.82) is 0 Å². The fraction of sp³-hybridized carbons (Fsp3) is 0.667. The van der Waals surface area contributed by atoms with Crippen molar-refractivity contribution < 1.29 is 4.79 Å². The molecule has 0 aromatic carbocycles. The number of nitrogen functional groups attached to an aromatic ring is 1. The Morgan fingerprint density at radius 1 is 1.42 bits per heavy atom. The van der Waals surface area contributed by atoms with E-state index in [1.165, 1.54) is 11.3 Å². The van der Waals surface area contributed by atoms with E-state index in [-0.39, 0.29) is 5.91 Å². The molecular weight excluding hydrogens is 280 g/mol. The van der Waals surface area contributed by atoms with E-state index in [0.717, 1.165) is 44.2 Å². The van der Waals surface area contributed by atoms with Gasteiger partial charge in [0.05, 0.1) is 5.69 Å². The Morgan fingerprint density at radius 2 is 2.11 bits per heavy atom. The van der Waals surface area contributed by atoms with E-state index in [1.54, 1.807) is 0 Å². The first-order valence-corrected chi connectivity index (χ1v) is 8.56. The van der Waals surface area contributed by atoms with E-state index in [2.05, 4.69) is 16.1 Å². The van der Waals surface area contributed by atoms with Crippen molar-refractivity contribution in [1.82, 2.24) is 14.8 Å². The molecule has 1 aromatic rings. The van der Waals surface area contributed by atoms with Crippen molar-refractivity contribution in [2.24, 2.45) is 0 Å². The second-order valence-corrected chi connectivity index (χ2v) is 6.61. The van der Waals surface area contributed by atoms with E-state index >= 15 is 0 Å². The van der Waals surface area contributed by atoms with Gasteiger partial charge in [-0.05, 0) is 13.2 Å². The van der Waals surface area contributed by atoms with Crippen LogP contribution in [0.1, 0.15) is 15.4 Å². The molecule has 1 amide bonds. The standard InChI is InChI=1S/C12H20N4OS2/c1-9-10(19-12(13)14-9)11(17)16-5-3-15(4-6-16)7-8-18-2/h3-8H2,1-2H3,(H2,13,14). The first-order valence-electron chi connectivity index (χ1n) is 6.35. The molecule has 0 radical (unpaired) electrons. The predicted molar refractivity (Wildman–Crippen MR) is 82.0 cm³/mol. The van der Waals surface area contributed by atoms with Crippen LogP contribution in [0.2, 0.25) is 0 Å². The zero-order valence-corrected chi connectivity index (χ0v) is 13.0. The number of aryl methyl sites for hydroxylation is 1. The molecule has 0 aliphatic carbocycles. The van der Waals surface area contributed by atoms with E-state index in [0.29, 0.717) is 10.0 Å². The summed E-state index contributed by atoms with van der Waals surface area (Å²) < 4.78 is 0. The number of carbonyl (C=O) groups is 1. The Bertz CT molecular complexity index is 441. The molecule has 0 unspecified atom stereocenters. The normalized spacial score (nSPS) is 16.8. The lowest BCUT2D eigenvalue weighted by molar-refractivity contribution is 0.0648. The average molecular weight is 300 g/mol. The third kappa shape index (κ3) is 3.61. The van der Waals surface area contributed by atoms with Crippen molar-refractivity contribution in [3.05, 3.63) is 10.6 Å². The first-order chi connectivity index (χ1) is 9.11. The SMILES string of the molecule is CSCCN1CCN(C(=O)c2sc(N)nc2C)CC1. The summed E-state index contributed by atoms with van der Waals surface area (Å²) in [6.45, 7) is 6.46. The molecule has 106 valence electrons. The molecule has 7 heteroatoms. The van der Waals surface area contributed by atoms with Crippen LogP contribution in [0.25, 0.3) is 0 Å². The highest BCUT2D eigenvalue weighted by atomic mass is 32.2. The van der Waals surface area contributed by atoms with Gasteiger partial charge in [0.1, 0.15) is 4.88 Å². The van der Waals surface area contributed by atoms with Crippen LogP contribution < -0.4 is 5.73 Å². The maximum Gasteiger partial charge on any atom is 0.266 e. The minimum atomic E-state index is 0.0798. The molecule has 0 saturated carbocycles. The monoisotopic (exact) mass is 300 g/mol. The Morgan fingerprint density at radius 3 is 2.63 bits per heavy atom. The molecular formula is C12H20N4OS2. The van der Waals surface area contributed by atoms with E-state index in [9.17, 15) is 4.79 Å². The van der Waals surface area contributed by atoms with Crippen molar-refractivity contribution in [2.75, 3.05) is 50.5 Å². The minimum Gasteiger partial charge on any atom is -0.375 e. The molecule has 1 aliphatic rings. The Kier molecular flexibility index (Phi) is 5.06. The third-order valence-electron chi connectivity index (χ3n) is 3.28. The van der Waals surface area contributed by atoms with Crippen molar-refractivity contribution >= 4 is 34.1 Å². The fourth-order valence-electron chi connectivity index (χ4n) is 2.15.